The fourth-order valence-corrected chi connectivity index (χ4v) is 2.43. The quantitative estimate of drug-likeness (QED) is 0.689. The van der Waals surface area contributed by atoms with Crippen LogP contribution in [-0.4, -0.2) is 20.6 Å². The van der Waals surface area contributed by atoms with Crippen molar-refractivity contribution in [3.8, 4) is 0 Å². The molecule has 23 heavy (non-hydrogen) atoms. The molecular weight excluding hydrogens is 324 g/mol. The van der Waals surface area contributed by atoms with E-state index in [0.717, 1.165) is 30.5 Å². The molecular formula is C16H13F2NO3S. The predicted molar refractivity (Wildman–Crippen MR) is 83.6 cm³/mol. The third-order valence-electron chi connectivity index (χ3n) is 2.90. The van der Waals surface area contributed by atoms with E-state index in [1.807, 2.05) is 0 Å². The highest BCUT2D eigenvalue weighted by atomic mass is 32.2. The first-order valence-corrected chi connectivity index (χ1v) is 8.39. The summed E-state index contributed by atoms with van der Waals surface area (Å²) in [5.74, 6) is -1.87. The molecule has 2 aromatic rings. The van der Waals surface area contributed by atoms with Gasteiger partial charge < -0.3 is 5.32 Å². The fourth-order valence-electron chi connectivity index (χ4n) is 1.79. The summed E-state index contributed by atoms with van der Waals surface area (Å²) < 4.78 is 49.5. The number of nitrogens with one attached hydrogen (secondary N) is 1. The Labute approximate surface area is 132 Å². The maximum atomic E-state index is 13.7. The molecule has 0 spiro atoms. The number of sulfone groups is 1. The molecule has 0 saturated heterocycles. The van der Waals surface area contributed by atoms with Crippen LogP contribution in [0.4, 0.5) is 14.5 Å². The van der Waals surface area contributed by atoms with Gasteiger partial charge in [0.25, 0.3) is 0 Å². The van der Waals surface area contributed by atoms with Crippen LogP contribution in [0.5, 0.6) is 0 Å². The smallest absolute Gasteiger partial charge is 0.248 e. The van der Waals surface area contributed by atoms with E-state index in [2.05, 4.69) is 5.32 Å². The van der Waals surface area contributed by atoms with Crippen LogP contribution in [0.2, 0.25) is 0 Å². The van der Waals surface area contributed by atoms with E-state index in [0.29, 0.717) is 5.56 Å². The molecule has 0 bridgehead atoms. The molecule has 2 aromatic carbocycles. The Bertz CT molecular complexity index is 877. The average Bonchev–Trinajstić information content (AvgIpc) is 2.46. The summed E-state index contributed by atoms with van der Waals surface area (Å²) in [5.41, 5.74) is 0.215. The first-order chi connectivity index (χ1) is 10.8. The fraction of sp³-hybridized carbons (Fsp3) is 0.0625. The van der Waals surface area contributed by atoms with Crippen LogP contribution >= 0.6 is 0 Å². The van der Waals surface area contributed by atoms with Crippen LogP contribution in [0.25, 0.3) is 6.08 Å². The minimum atomic E-state index is -3.52. The van der Waals surface area contributed by atoms with Crippen molar-refractivity contribution in [3.63, 3.8) is 0 Å². The number of amides is 1. The van der Waals surface area contributed by atoms with Gasteiger partial charge in [-0.3, -0.25) is 4.79 Å². The second kappa shape index (κ2) is 6.70. The lowest BCUT2D eigenvalue weighted by atomic mass is 10.2. The highest BCUT2D eigenvalue weighted by molar-refractivity contribution is 7.90. The van der Waals surface area contributed by atoms with Crippen LogP contribution in [0.3, 0.4) is 0 Å². The Hall–Kier alpha value is -2.54. The number of hydrogen-bond donors (Lipinski definition) is 1. The molecule has 2 rings (SSSR count). The van der Waals surface area contributed by atoms with Crippen molar-refractivity contribution in [2.24, 2.45) is 0 Å². The molecule has 0 aliphatic carbocycles. The van der Waals surface area contributed by atoms with Gasteiger partial charge in [-0.1, -0.05) is 12.1 Å². The standard InChI is InChI=1S/C16H13F2NO3S/c1-23(21,22)13-6-7-14(18)15(10-13)19-16(20)8-5-11-3-2-4-12(17)9-11/h2-10H,1H3,(H,19,20)/b8-5+. The third kappa shape index (κ3) is 4.72. The maximum absolute atomic E-state index is 13.7. The Morgan fingerprint density at radius 3 is 2.52 bits per heavy atom. The second-order valence-electron chi connectivity index (χ2n) is 4.79. The summed E-state index contributed by atoms with van der Waals surface area (Å²) in [7, 11) is -3.52. The van der Waals surface area contributed by atoms with E-state index in [4.69, 9.17) is 0 Å². The van der Waals surface area contributed by atoms with E-state index in [-0.39, 0.29) is 10.6 Å². The van der Waals surface area contributed by atoms with Gasteiger partial charge in [-0.25, -0.2) is 17.2 Å². The topological polar surface area (TPSA) is 63.2 Å². The van der Waals surface area contributed by atoms with Crippen molar-refractivity contribution in [1.29, 1.82) is 0 Å². The number of carbonyl (C=O) groups excluding carboxylic acids is 1. The van der Waals surface area contributed by atoms with Crippen LogP contribution in [0, 0.1) is 11.6 Å². The van der Waals surface area contributed by atoms with Gasteiger partial charge in [-0.15, -0.1) is 0 Å². The minimum absolute atomic E-state index is 0.108. The molecule has 7 heteroatoms. The Balaban J connectivity index is 2.17. The third-order valence-corrected chi connectivity index (χ3v) is 4.01. The number of carbonyl (C=O) groups is 1. The Morgan fingerprint density at radius 1 is 1.13 bits per heavy atom. The molecule has 1 amide bonds. The average molecular weight is 337 g/mol. The first kappa shape index (κ1) is 16.8. The molecule has 0 unspecified atom stereocenters. The lowest BCUT2D eigenvalue weighted by Crippen LogP contribution is -2.10. The molecule has 0 aliphatic heterocycles. The SMILES string of the molecule is CS(=O)(=O)c1ccc(F)c(NC(=O)/C=C/c2cccc(F)c2)c1. The van der Waals surface area contributed by atoms with Gasteiger partial charge in [0.1, 0.15) is 11.6 Å². The summed E-state index contributed by atoms with van der Waals surface area (Å²) in [4.78, 5) is 11.7. The second-order valence-corrected chi connectivity index (χ2v) is 6.81. The molecule has 1 N–H and O–H groups in total. The first-order valence-electron chi connectivity index (χ1n) is 6.50. The zero-order valence-electron chi connectivity index (χ0n) is 12.1. The lowest BCUT2D eigenvalue weighted by Gasteiger charge is -2.06. The molecule has 4 nitrogen and oxygen atoms in total. The van der Waals surface area contributed by atoms with E-state index in [1.54, 1.807) is 6.07 Å². The lowest BCUT2D eigenvalue weighted by molar-refractivity contribution is -0.111. The van der Waals surface area contributed by atoms with Crippen LogP contribution in [0.1, 0.15) is 5.56 Å². The monoisotopic (exact) mass is 337 g/mol. The van der Waals surface area contributed by atoms with Gasteiger partial charge in [0.05, 0.1) is 10.6 Å². The van der Waals surface area contributed by atoms with E-state index in [1.165, 1.54) is 24.3 Å². The summed E-state index contributed by atoms with van der Waals surface area (Å²) >= 11 is 0. The number of hydrogen-bond acceptors (Lipinski definition) is 3. The normalized spacial score (nSPS) is 11.6. The molecule has 0 fully saturated rings. The molecule has 0 atom stereocenters. The van der Waals surface area contributed by atoms with Crippen LogP contribution in [-0.2, 0) is 14.6 Å². The minimum Gasteiger partial charge on any atom is -0.320 e. The van der Waals surface area contributed by atoms with E-state index < -0.39 is 27.4 Å². The van der Waals surface area contributed by atoms with Crippen molar-refractivity contribution in [3.05, 3.63) is 65.7 Å². The maximum Gasteiger partial charge on any atom is 0.248 e. The summed E-state index contributed by atoms with van der Waals surface area (Å²) in [6, 6.07) is 8.70. The Kier molecular flexibility index (Phi) is 4.90. The number of halogens is 2. The van der Waals surface area contributed by atoms with Gasteiger partial charge in [0, 0.05) is 12.3 Å². The molecule has 0 saturated carbocycles. The van der Waals surface area contributed by atoms with Gasteiger partial charge in [-0.2, -0.15) is 0 Å². The zero-order chi connectivity index (χ0) is 17.0. The van der Waals surface area contributed by atoms with E-state index in [9.17, 15) is 22.0 Å². The molecule has 0 radical (unpaired) electrons. The molecule has 0 heterocycles. The Morgan fingerprint density at radius 2 is 1.87 bits per heavy atom. The molecule has 0 aromatic heterocycles. The van der Waals surface area contributed by atoms with Crippen LogP contribution < -0.4 is 5.32 Å². The van der Waals surface area contributed by atoms with Crippen molar-refractivity contribution in [2.75, 3.05) is 11.6 Å². The van der Waals surface area contributed by atoms with Gasteiger partial charge in [0.15, 0.2) is 9.84 Å². The molecule has 120 valence electrons. The van der Waals surface area contributed by atoms with Crippen molar-refractivity contribution in [2.45, 2.75) is 4.90 Å². The summed E-state index contributed by atoms with van der Waals surface area (Å²) in [6.45, 7) is 0. The van der Waals surface area contributed by atoms with Crippen molar-refractivity contribution >= 4 is 27.5 Å². The zero-order valence-corrected chi connectivity index (χ0v) is 12.9. The molecule has 0 aliphatic rings. The number of rotatable bonds is 4. The summed E-state index contributed by atoms with van der Waals surface area (Å²) in [6.07, 6.45) is 3.44. The van der Waals surface area contributed by atoms with Gasteiger partial charge >= 0.3 is 0 Å². The summed E-state index contributed by atoms with van der Waals surface area (Å²) in [5, 5.41) is 2.25. The largest absolute Gasteiger partial charge is 0.320 e. The predicted octanol–water partition coefficient (Wildman–Crippen LogP) is 3.02. The van der Waals surface area contributed by atoms with Gasteiger partial charge in [0.2, 0.25) is 5.91 Å². The highest BCUT2D eigenvalue weighted by Gasteiger charge is 2.12. The van der Waals surface area contributed by atoms with Gasteiger partial charge in [-0.05, 0) is 42.0 Å². The van der Waals surface area contributed by atoms with Crippen molar-refractivity contribution < 1.29 is 22.0 Å². The van der Waals surface area contributed by atoms with E-state index >= 15 is 0 Å². The van der Waals surface area contributed by atoms with Crippen molar-refractivity contribution in [1.82, 2.24) is 0 Å². The number of benzene rings is 2. The highest BCUT2D eigenvalue weighted by Crippen LogP contribution is 2.19. The van der Waals surface area contributed by atoms with Crippen LogP contribution in [0.15, 0.2) is 53.4 Å². The number of anilines is 1.